The van der Waals surface area contributed by atoms with Crippen molar-refractivity contribution in [2.75, 3.05) is 0 Å². The van der Waals surface area contributed by atoms with Gasteiger partial charge in [0.15, 0.2) is 0 Å². The van der Waals surface area contributed by atoms with E-state index in [1.165, 1.54) is 24.8 Å². The monoisotopic (exact) mass is 120 g/mol. The maximum atomic E-state index is 5.28. The second kappa shape index (κ2) is 2.73. The Bertz CT molecular complexity index is 157. The highest BCUT2D eigenvalue weighted by Gasteiger charge is 2.09. The van der Waals surface area contributed by atoms with Crippen LogP contribution in [0.15, 0.2) is 11.6 Å². The molecule has 0 aromatic heterocycles. The Morgan fingerprint density at radius 1 is 1.78 bits per heavy atom. The van der Waals surface area contributed by atoms with Crippen LogP contribution in [0.4, 0.5) is 0 Å². The third-order valence-electron chi connectivity index (χ3n) is 1.90. The highest BCUT2D eigenvalue weighted by Crippen LogP contribution is 2.22. The first-order valence-electron chi connectivity index (χ1n) is 3.51. The molecular weight excluding hydrogens is 108 g/mol. The van der Waals surface area contributed by atoms with Crippen LogP contribution in [-0.2, 0) is 0 Å². The van der Waals surface area contributed by atoms with Crippen molar-refractivity contribution in [3.63, 3.8) is 0 Å². The average Bonchev–Trinajstić information content (AvgIpc) is 1.89. The molecule has 0 N–H and O–H groups in total. The molecule has 1 aliphatic carbocycles. The van der Waals surface area contributed by atoms with Crippen molar-refractivity contribution >= 4 is 0 Å². The number of allylic oxidation sites excluding steroid dienone is 2. The third-order valence-corrected chi connectivity index (χ3v) is 1.90. The number of hydrogen-bond acceptors (Lipinski definition) is 0. The van der Waals surface area contributed by atoms with E-state index in [0.717, 1.165) is 0 Å². The van der Waals surface area contributed by atoms with Crippen molar-refractivity contribution < 1.29 is 0 Å². The lowest BCUT2D eigenvalue weighted by Crippen LogP contribution is -2.01. The zero-order chi connectivity index (χ0) is 6.69. The number of hydrogen-bond donors (Lipinski definition) is 0. The molecule has 0 unspecified atom stereocenters. The van der Waals surface area contributed by atoms with Crippen molar-refractivity contribution in [3.8, 4) is 12.3 Å². The van der Waals surface area contributed by atoms with Crippen LogP contribution >= 0.6 is 0 Å². The van der Waals surface area contributed by atoms with E-state index in [9.17, 15) is 0 Å². The van der Waals surface area contributed by atoms with E-state index >= 15 is 0 Å². The molecule has 0 amide bonds. The minimum Gasteiger partial charge on any atom is -0.115 e. The molecule has 0 bridgehead atoms. The van der Waals surface area contributed by atoms with Crippen LogP contribution in [0.25, 0.3) is 0 Å². The van der Waals surface area contributed by atoms with Gasteiger partial charge in [0.05, 0.1) is 0 Å². The smallest absolute Gasteiger partial charge is 0.000595 e. The predicted octanol–water partition coefficient (Wildman–Crippen LogP) is 2.37. The van der Waals surface area contributed by atoms with Crippen molar-refractivity contribution in [2.24, 2.45) is 5.92 Å². The van der Waals surface area contributed by atoms with E-state index in [-0.39, 0.29) is 0 Å². The molecule has 1 atom stereocenters. The molecule has 0 radical (unpaired) electrons. The van der Waals surface area contributed by atoms with Crippen LogP contribution in [0.1, 0.15) is 26.2 Å². The van der Waals surface area contributed by atoms with E-state index in [1.54, 1.807) is 0 Å². The zero-order valence-corrected chi connectivity index (χ0v) is 5.85. The topological polar surface area (TPSA) is 0 Å². The Kier molecular flexibility index (Phi) is 1.95. The highest BCUT2D eigenvalue weighted by atomic mass is 14.1. The first kappa shape index (κ1) is 6.42. The predicted molar refractivity (Wildman–Crippen MR) is 39.9 cm³/mol. The molecule has 1 rings (SSSR count). The van der Waals surface area contributed by atoms with Gasteiger partial charge in [0, 0.05) is 5.57 Å². The summed E-state index contributed by atoms with van der Waals surface area (Å²) < 4.78 is 0. The van der Waals surface area contributed by atoms with Crippen molar-refractivity contribution in [1.29, 1.82) is 0 Å². The lowest BCUT2D eigenvalue weighted by atomic mass is 9.90. The van der Waals surface area contributed by atoms with Gasteiger partial charge in [0.2, 0.25) is 0 Å². The van der Waals surface area contributed by atoms with E-state index in [1.807, 2.05) is 0 Å². The Balaban J connectivity index is 2.67. The van der Waals surface area contributed by atoms with Gasteiger partial charge in [-0.15, -0.1) is 6.42 Å². The normalized spacial score (nSPS) is 26.7. The Morgan fingerprint density at radius 3 is 3.00 bits per heavy atom. The maximum Gasteiger partial charge on any atom is 0.000595 e. The summed E-state index contributed by atoms with van der Waals surface area (Å²) in [5, 5.41) is 0. The number of terminal acetylenes is 1. The minimum atomic E-state index is 0.642. The van der Waals surface area contributed by atoms with Gasteiger partial charge in [-0.2, -0.15) is 0 Å². The fourth-order valence-corrected chi connectivity index (χ4v) is 1.24. The first-order chi connectivity index (χ1) is 4.34. The molecule has 0 aromatic rings. The summed E-state index contributed by atoms with van der Waals surface area (Å²) in [6.07, 6.45) is 11.2. The molecular formula is C9H12. The van der Waals surface area contributed by atoms with Gasteiger partial charge in [0.1, 0.15) is 0 Å². The fraction of sp³-hybridized carbons (Fsp3) is 0.556. The summed E-state index contributed by atoms with van der Waals surface area (Å²) >= 11 is 0. The summed E-state index contributed by atoms with van der Waals surface area (Å²) in [5.41, 5.74) is 1.21. The molecule has 48 valence electrons. The van der Waals surface area contributed by atoms with Crippen LogP contribution in [0.2, 0.25) is 0 Å². The van der Waals surface area contributed by atoms with Gasteiger partial charge >= 0.3 is 0 Å². The fourth-order valence-electron chi connectivity index (χ4n) is 1.24. The lowest BCUT2D eigenvalue weighted by Gasteiger charge is -2.14. The van der Waals surface area contributed by atoms with Crippen LogP contribution in [0.3, 0.4) is 0 Å². The third kappa shape index (κ3) is 1.36. The van der Waals surface area contributed by atoms with E-state index in [4.69, 9.17) is 6.42 Å². The molecule has 0 heterocycles. The Labute approximate surface area is 57.0 Å². The van der Waals surface area contributed by atoms with Crippen molar-refractivity contribution in [2.45, 2.75) is 26.2 Å². The molecule has 0 aromatic carbocycles. The summed E-state index contributed by atoms with van der Waals surface area (Å²) in [6, 6.07) is 0. The lowest BCUT2D eigenvalue weighted by molar-refractivity contribution is 0.566. The second-order valence-electron chi connectivity index (χ2n) is 2.64. The Hall–Kier alpha value is -0.700. The SMILES string of the molecule is C#CC1=CCCC[C@H]1C. The summed E-state index contributed by atoms with van der Waals surface area (Å²) in [6.45, 7) is 2.20. The van der Waals surface area contributed by atoms with E-state index < -0.39 is 0 Å². The van der Waals surface area contributed by atoms with Crippen LogP contribution in [-0.4, -0.2) is 0 Å². The Morgan fingerprint density at radius 2 is 2.56 bits per heavy atom. The average molecular weight is 120 g/mol. The second-order valence-corrected chi connectivity index (χ2v) is 2.64. The van der Waals surface area contributed by atoms with Gasteiger partial charge in [-0.3, -0.25) is 0 Å². The largest absolute Gasteiger partial charge is 0.115 e. The molecule has 0 heteroatoms. The number of rotatable bonds is 0. The van der Waals surface area contributed by atoms with Crippen molar-refractivity contribution in [1.82, 2.24) is 0 Å². The molecule has 0 spiro atoms. The summed E-state index contributed by atoms with van der Waals surface area (Å²) in [7, 11) is 0. The highest BCUT2D eigenvalue weighted by molar-refractivity contribution is 5.28. The van der Waals surface area contributed by atoms with Gasteiger partial charge in [-0.05, 0) is 25.2 Å². The van der Waals surface area contributed by atoms with Gasteiger partial charge in [0.25, 0.3) is 0 Å². The van der Waals surface area contributed by atoms with Gasteiger partial charge in [-0.25, -0.2) is 0 Å². The maximum absolute atomic E-state index is 5.28. The van der Waals surface area contributed by atoms with Crippen LogP contribution in [0.5, 0.6) is 0 Å². The van der Waals surface area contributed by atoms with E-state index in [2.05, 4.69) is 18.9 Å². The summed E-state index contributed by atoms with van der Waals surface area (Å²) in [4.78, 5) is 0. The first-order valence-corrected chi connectivity index (χ1v) is 3.51. The van der Waals surface area contributed by atoms with Crippen LogP contribution in [0, 0.1) is 18.3 Å². The summed E-state index contributed by atoms with van der Waals surface area (Å²) in [5.74, 6) is 3.36. The molecule has 0 aliphatic heterocycles. The molecule has 0 saturated heterocycles. The quantitative estimate of drug-likeness (QED) is 0.430. The van der Waals surface area contributed by atoms with E-state index in [0.29, 0.717) is 5.92 Å². The standard InChI is InChI=1S/C9H12/c1-3-9-7-5-4-6-8(9)2/h1,7-8H,4-6H2,2H3/t8-/m1/s1. The molecule has 0 saturated carbocycles. The van der Waals surface area contributed by atoms with Crippen LogP contribution < -0.4 is 0 Å². The van der Waals surface area contributed by atoms with Crippen molar-refractivity contribution in [3.05, 3.63) is 11.6 Å². The van der Waals surface area contributed by atoms with Gasteiger partial charge < -0.3 is 0 Å². The molecule has 0 nitrogen and oxygen atoms in total. The van der Waals surface area contributed by atoms with Gasteiger partial charge in [-0.1, -0.05) is 18.9 Å². The molecule has 9 heavy (non-hydrogen) atoms. The minimum absolute atomic E-state index is 0.642. The zero-order valence-electron chi connectivity index (χ0n) is 5.85. The molecule has 0 fully saturated rings. The molecule has 1 aliphatic rings.